The molecule has 7 nitrogen and oxygen atoms in total. The lowest BCUT2D eigenvalue weighted by molar-refractivity contribution is -0.121. The third kappa shape index (κ3) is 4.42. The van der Waals surface area contributed by atoms with Crippen LogP contribution in [0.3, 0.4) is 0 Å². The summed E-state index contributed by atoms with van der Waals surface area (Å²) in [5.41, 5.74) is 1.99. The van der Waals surface area contributed by atoms with Crippen molar-refractivity contribution in [2.24, 2.45) is 0 Å². The molecule has 0 spiro atoms. The van der Waals surface area contributed by atoms with E-state index in [0.29, 0.717) is 30.9 Å². The van der Waals surface area contributed by atoms with Gasteiger partial charge in [0.05, 0.1) is 30.5 Å². The van der Waals surface area contributed by atoms with Crippen LogP contribution in [0.1, 0.15) is 26.2 Å². The minimum absolute atomic E-state index is 0.112. The number of anilines is 2. The number of benzene rings is 1. The molecule has 2 saturated heterocycles. The van der Waals surface area contributed by atoms with Gasteiger partial charge in [-0.05, 0) is 31.0 Å². The second kappa shape index (κ2) is 8.74. The molecule has 28 heavy (non-hydrogen) atoms. The predicted octanol–water partition coefficient (Wildman–Crippen LogP) is 2.73. The Morgan fingerprint density at radius 3 is 2.82 bits per heavy atom. The zero-order valence-corrected chi connectivity index (χ0v) is 15.8. The van der Waals surface area contributed by atoms with Crippen LogP contribution in [0.4, 0.5) is 20.6 Å². The highest BCUT2D eigenvalue weighted by molar-refractivity contribution is 5.90. The van der Waals surface area contributed by atoms with Gasteiger partial charge in [-0.1, -0.05) is 12.5 Å². The van der Waals surface area contributed by atoms with Crippen molar-refractivity contribution in [3.8, 4) is 6.07 Å². The minimum Gasteiger partial charge on any atom is -0.442 e. The number of hydrogen-bond donors (Lipinski definition) is 1. The number of hydrogen-bond acceptors (Lipinski definition) is 5. The van der Waals surface area contributed by atoms with Crippen LogP contribution in [0.15, 0.2) is 29.8 Å². The standard InChI is InChI=1S/C20H23FN4O3/c1-2-19(26)23-12-16-13-25(20(27)28-16)15-3-4-18(17(21)11-15)24-9-6-14(5-8-22)7-10-24/h3-5,11,16H,2,6-7,9-10,12-13H2,1H3,(H,23,26). The molecule has 8 heteroatoms. The van der Waals surface area contributed by atoms with E-state index in [4.69, 9.17) is 10.00 Å². The molecule has 2 heterocycles. The van der Waals surface area contributed by atoms with E-state index >= 15 is 0 Å². The van der Waals surface area contributed by atoms with Crippen LogP contribution in [-0.4, -0.2) is 44.3 Å². The first-order chi connectivity index (χ1) is 13.5. The summed E-state index contributed by atoms with van der Waals surface area (Å²) in [7, 11) is 0. The molecule has 1 aromatic carbocycles. The lowest BCUT2D eigenvalue weighted by Crippen LogP contribution is -2.34. The molecular weight excluding hydrogens is 363 g/mol. The van der Waals surface area contributed by atoms with E-state index in [2.05, 4.69) is 5.32 Å². The van der Waals surface area contributed by atoms with Gasteiger partial charge in [0.25, 0.3) is 0 Å². The third-order valence-electron chi connectivity index (χ3n) is 4.98. The quantitative estimate of drug-likeness (QED) is 0.787. The number of carbonyl (C=O) groups excluding carboxylic acids is 2. The number of amides is 2. The molecule has 2 amide bonds. The average Bonchev–Trinajstić information content (AvgIpc) is 3.07. The fourth-order valence-electron chi connectivity index (χ4n) is 3.38. The van der Waals surface area contributed by atoms with Crippen molar-refractivity contribution in [3.63, 3.8) is 0 Å². The highest BCUT2D eigenvalue weighted by Crippen LogP contribution is 2.30. The van der Waals surface area contributed by atoms with Gasteiger partial charge in [0, 0.05) is 25.6 Å². The molecule has 3 rings (SSSR count). The molecule has 2 fully saturated rings. The van der Waals surface area contributed by atoms with Crippen LogP contribution in [-0.2, 0) is 9.53 Å². The Morgan fingerprint density at radius 2 is 2.18 bits per heavy atom. The molecule has 148 valence electrons. The summed E-state index contributed by atoms with van der Waals surface area (Å²) in [5.74, 6) is -0.514. The topological polar surface area (TPSA) is 85.7 Å². The largest absolute Gasteiger partial charge is 0.442 e. The van der Waals surface area contributed by atoms with Gasteiger partial charge in [0.2, 0.25) is 5.91 Å². The Bertz CT molecular complexity index is 823. The van der Waals surface area contributed by atoms with Crippen molar-refractivity contribution in [1.82, 2.24) is 5.32 Å². The highest BCUT2D eigenvalue weighted by Gasteiger charge is 2.33. The predicted molar refractivity (Wildman–Crippen MR) is 102 cm³/mol. The van der Waals surface area contributed by atoms with Crippen LogP contribution in [0.5, 0.6) is 0 Å². The number of carbonyl (C=O) groups is 2. The molecule has 0 aromatic heterocycles. The summed E-state index contributed by atoms with van der Waals surface area (Å²) in [5, 5.41) is 11.4. The van der Waals surface area contributed by atoms with E-state index in [1.165, 1.54) is 11.0 Å². The molecule has 2 aliphatic heterocycles. The first kappa shape index (κ1) is 19.7. The number of piperidine rings is 1. The van der Waals surface area contributed by atoms with E-state index in [1.54, 1.807) is 25.1 Å². The van der Waals surface area contributed by atoms with Crippen LogP contribution in [0.25, 0.3) is 0 Å². The SMILES string of the molecule is CCC(=O)NCC1CN(c2ccc(N3CCC(=CC#N)CC3)c(F)c2)C(=O)O1. The molecule has 1 N–H and O–H groups in total. The molecule has 1 aromatic rings. The normalized spacial score (nSPS) is 19.2. The lowest BCUT2D eigenvalue weighted by Gasteiger charge is -2.30. The summed E-state index contributed by atoms with van der Waals surface area (Å²) in [6.07, 6.45) is 2.39. The smallest absolute Gasteiger partial charge is 0.414 e. The summed E-state index contributed by atoms with van der Waals surface area (Å²) in [4.78, 5) is 26.8. The van der Waals surface area contributed by atoms with Gasteiger partial charge in [0.15, 0.2) is 0 Å². The zero-order valence-electron chi connectivity index (χ0n) is 15.8. The summed E-state index contributed by atoms with van der Waals surface area (Å²) >= 11 is 0. The van der Waals surface area contributed by atoms with Crippen LogP contribution in [0, 0.1) is 17.1 Å². The van der Waals surface area contributed by atoms with E-state index in [9.17, 15) is 14.0 Å². The molecule has 0 aliphatic carbocycles. The number of halogens is 1. The maximum absolute atomic E-state index is 14.7. The van der Waals surface area contributed by atoms with E-state index in [-0.39, 0.29) is 19.0 Å². The average molecular weight is 386 g/mol. The van der Waals surface area contributed by atoms with Crippen LogP contribution < -0.4 is 15.1 Å². The molecule has 2 aliphatic rings. The van der Waals surface area contributed by atoms with Crippen molar-refractivity contribution in [2.45, 2.75) is 32.3 Å². The van der Waals surface area contributed by atoms with Crippen LogP contribution in [0.2, 0.25) is 0 Å². The Labute approximate surface area is 163 Å². The summed E-state index contributed by atoms with van der Waals surface area (Å²) < 4.78 is 20.0. The van der Waals surface area contributed by atoms with Crippen molar-refractivity contribution in [3.05, 3.63) is 35.7 Å². The Balaban J connectivity index is 1.64. The van der Waals surface area contributed by atoms with E-state index in [1.807, 2.05) is 11.0 Å². The molecule has 1 unspecified atom stereocenters. The Hall–Kier alpha value is -3.08. The van der Waals surface area contributed by atoms with Gasteiger partial charge in [0.1, 0.15) is 11.9 Å². The van der Waals surface area contributed by atoms with E-state index < -0.39 is 18.0 Å². The van der Waals surface area contributed by atoms with Gasteiger partial charge in [-0.2, -0.15) is 5.26 Å². The van der Waals surface area contributed by atoms with E-state index in [0.717, 1.165) is 18.4 Å². The number of cyclic esters (lactones) is 1. The van der Waals surface area contributed by atoms with Crippen molar-refractivity contribution in [2.75, 3.05) is 36.0 Å². The molecule has 1 atom stereocenters. The van der Waals surface area contributed by atoms with Crippen molar-refractivity contribution in [1.29, 1.82) is 5.26 Å². The maximum atomic E-state index is 14.7. The Morgan fingerprint density at radius 1 is 1.43 bits per heavy atom. The van der Waals surface area contributed by atoms with Gasteiger partial charge >= 0.3 is 6.09 Å². The second-order valence-corrected chi connectivity index (χ2v) is 6.83. The fourth-order valence-corrected chi connectivity index (χ4v) is 3.38. The monoisotopic (exact) mass is 386 g/mol. The summed E-state index contributed by atoms with van der Waals surface area (Å²) in [6, 6.07) is 6.75. The number of rotatable bonds is 5. The molecule has 0 radical (unpaired) electrons. The fraction of sp³-hybridized carbons (Fsp3) is 0.450. The number of nitrogens with zero attached hydrogens (tertiary/aromatic N) is 3. The van der Waals surface area contributed by atoms with Gasteiger partial charge in [-0.3, -0.25) is 9.69 Å². The molecular formula is C20H23FN4O3. The molecule has 0 saturated carbocycles. The first-order valence-electron chi connectivity index (χ1n) is 9.38. The number of allylic oxidation sites excluding steroid dienone is 1. The highest BCUT2D eigenvalue weighted by atomic mass is 19.1. The van der Waals surface area contributed by atoms with Crippen LogP contribution >= 0.6 is 0 Å². The van der Waals surface area contributed by atoms with Gasteiger partial charge in [-0.25, -0.2) is 9.18 Å². The second-order valence-electron chi connectivity index (χ2n) is 6.83. The number of nitrogens with one attached hydrogen (secondary N) is 1. The molecule has 0 bridgehead atoms. The maximum Gasteiger partial charge on any atom is 0.414 e. The lowest BCUT2D eigenvalue weighted by atomic mass is 10.0. The number of nitriles is 1. The summed E-state index contributed by atoms with van der Waals surface area (Å²) in [6.45, 7) is 3.54. The van der Waals surface area contributed by atoms with Gasteiger partial charge < -0.3 is 15.0 Å². The van der Waals surface area contributed by atoms with Crippen molar-refractivity contribution < 1.29 is 18.7 Å². The number of ether oxygens (including phenoxy) is 1. The van der Waals surface area contributed by atoms with Crippen molar-refractivity contribution >= 4 is 23.4 Å². The Kier molecular flexibility index (Phi) is 6.14. The zero-order chi connectivity index (χ0) is 20.1. The third-order valence-corrected chi connectivity index (χ3v) is 4.98. The van der Waals surface area contributed by atoms with Gasteiger partial charge in [-0.15, -0.1) is 0 Å². The minimum atomic E-state index is -0.549. The first-order valence-corrected chi connectivity index (χ1v) is 9.38.